The van der Waals surface area contributed by atoms with E-state index in [0.29, 0.717) is 12.7 Å². The monoisotopic (exact) mass is 188 g/mol. The quantitative estimate of drug-likeness (QED) is 0.564. The van der Waals surface area contributed by atoms with Gasteiger partial charge in [0, 0.05) is 13.2 Å². The van der Waals surface area contributed by atoms with Crippen LogP contribution >= 0.6 is 0 Å². The van der Waals surface area contributed by atoms with Crippen molar-refractivity contribution in [3.8, 4) is 0 Å². The zero-order valence-corrected chi connectivity index (χ0v) is 9.09. The molecule has 80 valence electrons. The lowest BCUT2D eigenvalue weighted by Gasteiger charge is -2.12. The molecule has 0 saturated heterocycles. The van der Waals surface area contributed by atoms with E-state index in [0.717, 1.165) is 25.9 Å². The molecule has 0 saturated carbocycles. The normalized spacial score (nSPS) is 13.2. The first-order valence-corrected chi connectivity index (χ1v) is 5.53. The molecule has 1 unspecified atom stereocenters. The molecular formula is C11H24O2. The van der Waals surface area contributed by atoms with Crippen LogP contribution in [0.5, 0.6) is 0 Å². The third kappa shape index (κ3) is 9.84. The van der Waals surface area contributed by atoms with Gasteiger partial charge < -0.3 is 9.84 Å². The van der Waals surface area contributed by atoms with Gasteiger partial charge in [-0.15, -0.1) is 0 Å². The third-order valence-electron chi connectivity index (χ3n) is 2.17. The molecule has 13 heavy (non-hydrogen) atoms. The van der Waals surface area contributed by atoms with E-state index in [2.05, 4.69) is 13.8 Å². The Morgan fingerprint density at radius 3 is 2.54 bits per heavy atom. The number of aliphatic hydroxyl groups is 1. The Morgan fingerprint density at radius 1 is 1.15 bits per heavy atom. The van der Waals surface area contributed by atoms with Gasteiger partial charge in [0.05, 0.1) is 6.10 Å². The predicted molar refractivity (Wildman–Crippen MR) is 55.9 cm³/mol. The lowest BCUT2D eigenvalue weighted by atomic mass is 10.2. The summed E-state index contributed by atoms with van der Waals surface area (Å²) in [6.07, 6.45) is 7.12. The second-order valence-electron chi connectivity index (χ2n) is 3.61. The van der Waals surface area contributed by atoms with Gasteiger partial charge in [-0.3, -0.25) is 0 Å². The summed E-state index contributed by atoms with van der Waals surface area (Å²) < 4.78 is 5.61. The molecule has 0 aromatic carbocycles. The summed E-state index contributed by atoms with van der Waals surface area (Å²) in [7, 11) is 0. The molecule has 0 aromatic heterocycles. The second kappa shape index (κ2) is 10.0. The van der Waals surface area contributed by atoms with Crippen molar-refractivity contribution in [1.82, 2.24) is 0 Å². The zero-order valence-electron chi connectivity index (χ0n) is 9.09. The molecule has 1 N–H and O–H groups in total. The van der Waals surface area contributed by atoms with Crippen molar-refractivity contribution in [3.63, 3.8) is 0 Å². The summed E-state index contributed by atoms with van der Waals surface area (Å²) in [5.74, 6) is 0. The molecule has 2 nitrogen and oxygen atoms in total. The Hall–Kier alpha value is -0.0800. The van der Waals surface area contributed by atoms with Gasteiger partial charge in [-0.25, -0.2) is 0 Å². The Kier molecular flexibility index (Phi) is 9.94. The molecule has 1 atom stereocenters. The van der Waals surface area contributed by atoms with Crippen molar-refractivity contribution < 1.29 is 9.84 Å². The Balaban J connectivity index is 3.05. The van der Waals surface area contributed by atoms with Gasteiger partial charge in [0.15, 0.2) is 0 Å². The summed E-state index contributed by atoms with van der Waals surface area (Å²) >= 11 is 0. The zero-order chi connectivity index (χ0) is 9.94. The molecule has 0 aliphatic rings. The predicted octanol–water partition coefficient (Wildman–Crippen LogP) is 2.74. The van der Waals surface area contributed by atoms with Gasteiger partial charge >= 0.3 is 0 Å². The van der Waals surface area contributed by atoms with E-state index in [9.17, 15) is 0 Å². The topological polar surface area (TPSA) is 29.5 Å². The minimum atomic E-state index is 0.308. The Bertz CT molecular complexity index is 94.1. The fourth-order valence-electron chi connectivity index (χ4n) is 1.26. The van der Waals surface area contributed by atoms with E-state index in [1.165, 1.54) is 19.3 Å². The van der Waals surface area contributed by atoms with Gasteiger partial charge in [0.1, 0.15) is 0 Å². The van der Waals surface area contributed by atoms with Gasteiger partial charge in [0.2, 0.25) is 0 Å². The fourth-order valence-corrected chi connectivity index (χ4v) is 1.26. The van der Waals surface area contributed by atoms with Crippen molar-refractivity contribution in [2.45, 2.75) is 58.5 Å². The molecule has 0 radical (unpaired) electrons. The minimum Gasteiger partial charge on any atom is -0.396 e. The Morgan fingerprint density at radius 2 is 1.92 bits per heavy atom. The van der Waals surface area contributed by atoms with Crippen molar-refractivity contribution in [3.05, 3.63) is 0 Å². The van der Waals surface area contributed by atoms with Crippen LogP contribution in [-0.2, 0) is 4.74 Å². The van der Waals surface area contributed by atoms with Crippen LogP contribution in [-0.4, -0.2) is 24.4 Å². The highest BCUT2D eigenvalue weighted by atomic mass is 16.5. The molecule has 0 aliphatic carbocycles. The van der Waals surface area contributed by atoms with E-state index >= 15 is 0 Å². The summed E-state index contributed by atoms with van der Waals surface area (Å²) in [4.78, 5) is 0. The highest BCUT2D eigenvalue weighted by molar-refractivity contribution is 4.51. The van der Waals surface area contributed by atoms with Crippen LogP contribution in [0.2, 0.25) is 0 Å². The van der Waals surface area contributed by atoms with Crippen molar-refractivity contribution >= 4 is 0 Å². The smallest absolute Gasteiger partial charge is 0.0547 e. The molecule has 2 heteroatoms. The first-order chi connectivity index (χ1) is 6.31. The standard InChI is InChI=1S/C11H24O2/c1-3-4-7-10-13-11(2)8-5-6-9-12/h11-12H,3-10H2,1-2H3. The number of hydrogen-bond acceptors (Lipinski definition) is 2. The maximum atomic E-state index is 8.58. The van der Waals surface area contributed by atoms with Gasteiger partial charge in [0.25, 0.3) is 0 Å². The van der Waals surface area contributed by atoms with Crippen LogP contribution < -0.4 is 0 Å². The van der Waals surface area contributed by atoms with Crippen LogP contribution in [0.25, 0.3) is 0 Å². The van der Waals surface area contributed by atoms with Crippen LogP contribution in [0.15, 0.2) is 0 Å². The van der Waals surface area contributed by atoms with Crippen LogP contribution in [0, 0.1) is 0 Å². The fraction of sp³-hybridized carbons (Fsp3) is 1.00. The number of hydrogen-bond donors (Lipinski definition) is 1. The lowest BCUT2D eigenvalue weighted by Crippen LogP contribution is -2.09. The van der Waals surface area contributed by atoms with Gasteiger partial charge in [-0.05, 0) is 32.6 Å². The number of ether oxygens (including phenoxy) is 1. The highest BCUT2D eigenvalue weighted by Gasteiger charge is 2.00. The molecule has 0 fully saturated rings. The van der Waals surface area contributed by atoms with E-state index in [1.54, 1.807) is 0 Å². The molecule has 0 aliphatic heterocycles. The molecule has 0 amide bonds. The largest absolute Gasteiger partial charge is 0.396 e. The molecule has 0 bridgehead atoms. The Labute approximate surface area is 82.3 Å². The van der Waals surface area contributed by atoms with E-state index in [4.69, 9.17) is 9.84 Å². The molecular weight excluding hydrogens is 164 g/mol. The first kappa shape index (κ1) is 12.9. The maximum Gasteiger partial charge on any atom is 0.0547 e. The van der Waals surface area contributed by atoms with Crippen molar-refractivity contribution in [1.29, 1.82) is 0 Å². The van der Waals surface area contributed by atoms with Crippen LogP contribution in [0.3, 0.4) is 0 Å². The number of rotatable bonds is 9. The molecule has 0 rings (SSSR count). The summed E-state index contributed by atoms with van der Waals surface area (Å²) in [6, 6.07) is 0. The van der Waals surface area contributed by atoms with Crippen LogP contribution in [0.1, 0.15) is 52.4 Å². The first-order valence-electron chi connectivity index (χ1n) is 5.53. The third-order valence-corrected chi connectivity index (χ3v) is 2.17. The lowest BCUT2D eigenvalue weighted by molar-refractivity contribution is 0.0551. The molecule has 0 spiro atoms. The van der Waals surface area contributed by atoms with Crippen molar-refractivity contribution in [2.75, 3.05) is 13.2 Å². The molecule has 0 heterocycles. The summed E-state index contributed by atoms with van der Waals surface area (Å²) in [5, 5.41) is 8.58. The van der Waals surface area contributed by atoms with Crippen LogP contribution in [0.4, 0.5) is 0 Å². The minimum absolute atomic E-state index is 0.308. The second-order valence-corrected chi connectivity index (χ2v) is 3.61. The van der Waals surface area contributed by atoms with Gasteiger partial charge in [-0.2, -0.15) is 0 Å². The van der Waals surface area contributed by atoms with E-state index in [-0.39, 0.29) is 0 Å². The van der Waals surface area contributed by atoms with Crippen molar-refractivity contribution in [2.24, 2.45) is 0 Å². The SMILES string of the molecule is CCCCCOC(C)CCCCO. The average molecular weight is 188 g/mol. The van der Waals surface area contributed by atoms with Gasteiger partial charge in [-0.1, -0.05) is 19.8 Å². The maximum absolute atomic E-state index is 8.58. The average Bonchev–Trinajstić information content (AvgIpc) is 2.13. The highest BCUT2D eigenvalue weighted by Crippen LogP contribution is 2.05. The van der Waals surface area contributed by atoms with E-state index < -0.39 is 0 Å². The summed E-state index contributed by atoms with van der Waals surface area (Å²) in [6.45, 7) is 5.52. The van der Waals surface area contributed by atoms with E-state index in [1.807, 2.05) is 0 Å². The number of unbranched alkanes of at least 4 members (excludes halogenated alkanes) is 3. The summed E-state index contributed by atoms with van der Waals surface area (Å²) in [5.41, 5.74) is 0. The molecule has 0 aromatic rings. The number of aliphatic hydroxyl groups excluding tert-OH is 1.